The number of nitrogens with two attached hydrogens (primary N) is 1. The Bertz CT molecular complexity index is 631. The van der Waals surface area contributed by atoms with Crippen molar-refractivity contribution in [3.8, 4) is 0 Å². The number of hydrogen-bond acceptors (Lipinski definition) is 3. The second kappa shape index (κ2) is 5.14. The molecule has 0 aromatic carbocycles. The van der Waals surface area contributed by atoms with Crippen LogP contribution in [0.5, 0.6) is 0 Å². The molecule has 0 aliphatic heterocycles. The Morgan fingerprint density at radius 3 is 2.94 bits per heavy atom. The predicted molar refractivity (Wildman–Crippen MR) is 63.1 cm³/mol. The van der Waals surface area contributed by atoms with Gasteiger partial charge in [0.05, 0.1) is 6.20 Å². The van der Waals surface area contributed by atoms with E-state index in [-0.39, 0.29) is 17.0 Å². The Labute approximate surface area is 115 Å². The summed E-state index contributed by atoms with van der Waals surface area (Å²) in [5.41, 5.74) is 6.81. The molecule has 2 N–H and O–H groups in total. The summed E-state index contributed by atoms with van der Waals surface area (Å²) in [4.78, 5) is 8.60. The van der Waals surface area contributed by atoms with Crippen LogP contribution < -0.4 is 27.3 Å². The number of halogens is 1. The summed E-state index contributed by atoms with van der Waals surface area (Å²) in [6, 6.07) is 7.61. The lowest BCUT2D eigenvalue weighted by Gasteiger charge is -1.98. The summed E-state index contributed by atoms with van der Waals surface area (Å²) < 4.78 is 3.84. The summed E-state index contributed by atoms with van der Waals surface area (Å²) in [5, 5.41) is 0. The number of pyridine rings is 1. The van der Waals surface area contributed by atoms with Crippen molar-refractivity contribution in [1.82, 2.24) is 14.4 Å². The molecular weight excluding hydrogens is 294 g/mol. The summed E-state index contributed by atoms with van der Waals surface area (Å²) in [7, 11) is 0. The van der Waals surface area contributed by atoms with Gasteiger partial charge in [0.25, 0.3) is 5.82 Å². The third-order valence-electron chi connectivity index (χ3n) is 2.59. The van der Waals surface area contributed by atoms with Gasteiger partial charge in [0.15, 0.2) is 0 Å². The number of fused-ring (bicyclic) bond motifs is 1. The average molecular weight is 306 g/mol. The van der Waals surface area contributed by atoms with Crippen molar-refractivity contribution in [3.63, 3.8) is 0 Å². The molecule has 18 heavy (non-hydrogen) atoms. The molecule has 0 amide bonds. The molecule has 0 spiro atoms. The molecule has 0 unspecified atom stereocenters. The first-order chi connectivity index (χ1) is 8.33. The first kappa shape index (κ1) is 12.5. The Morgan fingerprint density at radius 2 is 2.17 bits per heavy atom. The number of imidazole rings is 1. The normalized spacial score (nSPS) is 10.2. The van der Waals surface area contributed by atoms with Gasteiger partial charge in [-0.3, -0.25) is 10.1 Å². The van der Waals surface area contributed by atoms with Gasteiger partial charge in [0.1, 0.15) is 12.2 Å². The van der Waals surface area contributed by atoms with E-state index in [1.807, 2.05) is 51.8 Å². The predicted octanol–water partition coefficient (Wildman–Crippen LogP) is -2.35. The van der Waals surface area contributed by atoms with Gasteiger partial charge >= 0.3 is 0 Å². The molecule has 0 saturated carbocycles. The van der Waals surface area contributed by atoms with Crippen LogP contribution in [0.3, 0.4) is 0 Å². The van der Waals surface area contributed by atoms with Gasteiger partial charge in [-0.25, -0.2) is 14.5 Å². The number of anilines is 1. The number of nitrogens with zero attached hydrogens (tertiary/aromatic N) is 4. The molecule has 3 aromatic heterocycles. The van der Waals surface area contributed by atoms with Crippen LogP contribution in [0, 0.1) is 0 Å². The molecule has 6 heteroatoms. The van der Waals surface area contributed by atoms with Crippen molar-refractivity contribution < 1.29 is 21.5 Å². The third kappa shape index (κ3) is 2.33. The third-order valence-corrected chi connectivity index (χ3v) is 2.59. The van der Waals surface area contributed by atoms with E-state index >= 15 is 0 Å². The van der Waals surface area contributed by atoms with Crippen LogP contribution in [-0.4, -0.2) is 14.4 Å². The minimum absolute atomic E-state index is 0. The van der Waals surface area contributed by atoms with Crippen LogP contribution in [0.25, 0.3) is 5.78 Å². The highest BCUT2D eigenvalue weighted by molar-refractivity contribution is 5.29. The van der Waals surface area contributed by atoms with E-state index in [1.54, 1.807) is 6.20 Å². The zero-order chi connectivity index (χ0) is 11.7. The summed E-state index contributed by atoms with van der Waals surface area (Å²) >= 11 is 0. The number of aromatic nitrogens is 4. The minimum atomic E-state index is 0. The number of rotatable bonds is 2. The van der Waals surface area contributed by atoms with E-state index in [0.29, 0.717) is 12.3 Å². The first-order valence-corrected chi connectivity index (χ1v) is 5.35. The van der Waals surface area contributed by atoms with E-state index < -0.39 is 0 Å². The SMILES string of the molecule is Nc1cccc[n+]1Cc1cn2cccnc2n1.[Br-]. The van der Waals surface area contributed by atoms with Crippen LogP contribution in [-0.2, 0) is 6.54 Å². The van der Waals surface area contributed by atoms with Crippen molar-refractivity contribution in [3.05, 3.63) is 54.7 Å². The van der Waals surface area contributed by atoms with Crippen molar-refractivity contribution in [2.75, 3.05) is 5.73 Å². The molecule has 0 aliphatic carbocycles. The fraction of sp³-hybridized carbons (Fsp3) is 0.0833. The zero-order valence-electron chi connectivity index (χ0n) is 9.57. The van der Waals surface area contributed by atoms with Gasteiger partial charge < -0.3 is 17.0 Å². The number of nitrogen functional groups attached to an aromatic ring is 1. The maximum Gasteiger partial charge on any atom is 0.272 e. The van der Waals surface area contributed by atoms with Crippen molar-refractivity contribution in [1.29, 1.82) is 0 Å². The molecule has 0 bridgehead atoms. The van der Waals surface area contributed by atoms with E-state index in [9.17, 15) is 0 Å². The van der Waals surface area contributed by atoms with Crippen LogP contribution in [0.15, 0.2) is 49.1 Å². The summed E-state index contributed by atoms with van der Waals surface area (Å²) in [6.07, 6.45) is 7.56. The monoisotopic (exact) mass is 305 g/mol. The Balaban J connectivity index is 0.00000120. The van der Waals surface area contributed by atoms with Crippen LogP contribution in [0.4, 0.5) is 5.82 Å². The molecular formula is C12H12BrN5. The van der Waals surface area contributed by atoms with Gasteiger partial charge in [0.2, 0.25) is 5.78 Å². The van der Waals surface area contributed by atoms with Gasteiger partial charge in [-0.05, 0) is 12.1 Å². The minimum Gasteiger partial charge on any atom is -1.00 e. The van der Waals surface area contributed by atoms with Crippen molar-refractivity contribution >= 4 is 11.6 Å². The van der Waals surface area contributed by atoms with Gasteiger partial charge in [-0.2, -0.15) is 0 Å². The molecule has 5 nitrogen and oxygen atoms in total. The molecule has 0 atom stereocenters. The smallest absolute Gasteiger partial charge is 0.272 e. The van der Waals surface area contributed by atoms with Gasteiger partial charge in [-0.1, -0.05) is 6.07 Å². The molecule has 0 radical (unpaired) electrons. The fourth-order valence-electron chi connectivity index (χ4n) is 1.76. The Kier molecular flexibility index (Phi) is 3.57. The molecule has 3 rings (SSSR count). The van der Waals surface area contributed by atoms with E-state index in [2.05, 4.69) is 9.97 Å². The average Bonchev–Trinajstić information content (AvgIpc) is 2.74. The molecule has 0 fully saturated rings. The van der Waals surface area contributed by atoms with Crippen LogP contribution in [0.2, 0.25) is 0 Å². The number of hydrogen-bond donors (Lipinski definition) is 1. The fourth-order valence-corrected chi connectivity index (χ4v) is 1.76. The maximum atomic E-state index is 5.88. The topological polar surface area (TPSA) is 60.1 Å². The van der Waals surface area contributed by atoms with E-state index in [4.69, 9.17) is 5.73 Å². The first-order valence-electron chi connectivity index (χ1n) is 5.35. The highest BCUT2D eigenvalue weighted by Gasteiger charge is 2.07. The Morgan fingerprint density at radius 1 is 1.28 bits per heavy atom. The molecule has 3 aromatic rings. The lowest BCUT2D eigenvalue weighted by Crippen LogP contribution is -3.00. The van der Waals surface area contributed by atoms with Gasteiger partial charge in [0, 0.05) is 24.7 Å². The molecule has 0 aliphatic rings. The molecule has 3 heterocycles. The van der Waals surface area contributed by atoms with Crippen LogP contribution >= 0.6 is 0 Å². The zero-order valence-corrected chi connectivity index (χ0v) is 11.2. The Hall–Kier alpha value is -1.95. The van der Waals surface area contributed by atoms with Crippen LogP contribution in [0.1, 0.15) is 5.69 Å². The molecule has 0 saturated heterocycles. The lowest BCUT2D eigenvalue weighted by molar-refractivity contribution is -0.674. The summed E-state index contributed by atoms with van der Waals surface area (Å²) in [5.74, 6) is 1.43. The standard InChI is InChI=1S/C12H11N5.BrH/c13-11-4-1-2-6-16(11)8-10-9-17-7-3-5-14-12(17)15-10;/h1-7,9,13H,8H2;1H. The largest absolute Gasteiger partial charge is 1.00 e. The quantitative estimate of drug-likeness (QED) is 0.540. The summed E-state index contributed by atoms with van der Waals surface area (Å²) in [6.45, 7) is 0.649. The second-order valence-corrected chi connectivity index (χ2v) is 3.81. The van der Waals surface area contributed by atoms with E-state index in [1.165, 1.54) is 0 Å². The molecule has 92 valence electrons. The van der Waals surface area contributed by atoms with Crippen molar-refractivity contribution in [2.24, 2.45) is 0 Å². The lowest BCUT2D eigenvalue weighted by atomic mass is 10.4. The van der Waals surface area contributed by atoms with Crippen molar-refractivity contribution in [2.45, 2.75) is 6.54 Å². The second-order valence-electron chi connectivity index (χ2n) is 3.81. The highest BCUT2D eigenvalue weighted by atomic mass is 79.9. The maximum absolute atomic E-state index is 5.88. The van der Waals surface area contributed by atoms with E-state index in [0.717, 1.165) is 11.5 Å². The van der Waals surface area contributed by atoms with Gasteiger partial charge in [-0.15, -0.1) is 0 Å². The highest BCUT2D eigenvalue weighted by Crippen LogP contribution is 2.02.